The van der Waals surface area contributed by atoms with Gasteiger partial charge in [-0.15, -0.1) is 0 Å². The number of rotatable bonds is 5. The van der Waals surface area contributed by atoms with Crippen LogP contribution >= 0.6 is 0 Å². The molecular formula is C16H17F3N4O2. The Morgan fingerprint density at radius 2 is 2.00 bits per heavy atom. The third-order valence-corrected chi connectivity index (χ3v) is 3.55. The topological polar surface area (TPSA) is 72.5 Å². The van der Waals surface area contributed by atoms with E-state index in [1.807, 2.05) is 37.6 Å². The van der Waals surface area contributed by atoms with Crippen molar-refractivity contribution in [3.63, 3.8) is 0 Å². The predicted octanol–water partition coefficient (Wildman–Crippen LogP) is 4.75. The molecule has 1 aromatic carbocycles. The second-order valence-corrected chi connectivity index (χ2v) is 5.77. The fraction of sp³-hybridized carbons (Fsp3) is 0.312. The van der Waals surface area contributed by atoms with E-state index >= 15 is 0 Å². The Kier molecular flexibility index (Phi) is 5.15. The first-order chi connectivity index (χ1) is 11.6. The van der Waals surface area contributed by atoms with Gasteiger partial charge in [-0.25, -0.2) is 0 Å². The van der Waals surface area contributed by atoms with Crippen LogP contribution in [0.3, 0.4) is 0 Å². The van der Waals surface area contributed by atoms with Gasteiger partial charge in [0, 0.05) is 29.6 Å². The number of benzene rings is 1. The maximum atomic E-state index is 12.7. The highest BCUT2D eigenvalue weighted by atomic mass is 19.4. The third-order valence-electron chi connectivity index (χ3n) is 3.55. The van der Waals surface area contributed by atoms with Crippen LogP contribution in [0.1, 0.15) is 36.7 Å². The summed E-state index contributed by atoms with van der Waals surface area (Å²) >= 11 is 0. The van der Waals surface area contributed by atoms with Crippen LogP contribution in [-0.2, 0) is 6.18 Å². The molecule has 25 heavy (non-hydrogen) atoms. The minimum atomic E-state index is -4.65. The second-order valence-electron chi connectivity index (χ2n) is 5.77. The molecule has 0 spiro atoms. The van der Waals surface area contributed by atoms with E-state index in [1.165, 1.54) is 6.21 Å². The van der Waals surface area contributed by atoms with Crippen molar-refractivity contribution < 1.29 is 18.1 Å². The molecule has 6 nitrogen and oxygen atoms in total. The van der Waals surface area contributed by atoms with Gasteiger partial charge in [-0.05, 0) is 39.0 Å². The second kappa shape index (κ2) is 6.96. The first-order valence-corrected chi connectivity index (χ1v) is 7.42. The van der Waals surface area contributed by atoms with E-state index in [4.69, 9.17) is 0 Å². The van der Waals surface area contributed by atoms with Gasteiger partial charge in [-0.1, -0.05) is 0 Å². The van der Waals surface area contributed by atoms with Gasteiger partial charge in [0.2, 0.25) is 0 Å². The molecular weight excluding hydrogens is 337 g/mol. The molecule has 0 radical (unpaired) electrons. The minimum Gasteiger partial charge on any atom is -0.349 e. The van der Waals surface area contributed by atoms with Crippen LogP contribution in [0.2, 0.25) is 0 Å². The molecule has 1 N–H and O–H groups in total. The summed E-state index contributed by atoms with van der Waals surface area (Å²) in [6.07, 6.45) is -1.33. The Bertz CT molecular complexity index is 810. The van der Waals surface area contributed by atoms with E-state index < -0.39 is 22.4 Å². The maximum Gasteiger partial charge on any atom is 0.416 e. The van der Waals surface area contributed by atoms with Crippen molar-refractivity contribution in [1.29, 1.82) is 0 Å². The molecule has 0 atom stereocenters. The summed E-state index contributed by atoms with van der Waals surface area (Å²) in [5, 5.41) is 14.9. The van der Waals surface area contributed by atoms with Crippen molar-refractivity contribution in [2.45, 2.75) is 33.0 Å². The number of halogens is 3. The fourth-order valence-electron chi connectivity index (χ4n) is 2.37. The summed E-state index contributed by atoms with van der Waals surface area (Å²) < 4.78 is 40.0. The van der Waals surface area contributed by atoms with Crippen LogP contribution in [0.5, 0.6) is 0 Å². The minimum absolute atomic E-state index is 0.116. The average molecular weight is 354 g/mol. The SMILES string of the molecule is Cc1cc(/C=N/Nc2ccc(C(F)(F)F)cc2[N+](=O)[O-])cn1C(C)C. The summed E-state index contributed by atoms with van der Waals surface area (Å²) in [6.45, 7) is 5.99. The van der Waals surface area contributed by atoms with Crippen LogP contribution < -0.4 is 5.43 Å². The van der Waals surface area contributed by atoms with Gasteiger partial charge in [0.15, 0.2) is 0 Å². The zero-order valence-corrected chi connectivity index (χ0v) is 13.8. The average Bonchev–Trinajstić information content (AvgIpc) is 2.87. The molecule has 1 heterocycles. The maximum absolute atomic E-state index is 12.7. The zero-order chi connectivity index (χ0) is 18.8. The monoisotopic (exact) mass is 354 g/mol. The highest BCUT2D eigenvalue weighted by molar-refractivity contribution is 5.80. The number of nitro benzene ring substituents is 1. The van der Waals surface area contributed by atoms with Gasteiger partial charge in [-0.2, -0.15) is 18.3 Å². The molecule has 0 aliphatic rings. The number of aromatic nitrogens is 1. The Morgan fingerprint density at radius 1 is 1.32 bits per heavy atom. The van der Waals surface area contributed by atoms with Crippen LogP contribution in [0, 0.1) is 17.0 Å². The van der Waals surface area contributed by atoms with E-state index in [9.17, 15) is 23.3 Å². The summed E-state index contributed by atoms with van der Waals surface area (Å²) in [4.78, 5) is 10.1. The number of alkyl halides is 3. The van der Waals surface area contributed by atoms with Gasteiger partial charge >= 0.3 is 6.18 Å². The highest BCUT2D eigenvalue weighted by Crippen LogP contribution is 2.34. The molecule has 0 saturated heterocycles. The lowest BCUT2D eigenvalue weighted by atomic mass is 10.1. The van der Waals surface area contributed by atoms with E-state index in [2.05, 4.69) is 10.5 Å². The smallest absolute Gasteiger partial charge is 0.349 e. The van der Waals surface area contributed by atoms with Crippen LogP contribution in [0.25, 0.3) is 0 Å². The van der Waals surface area contributed by atoms with Crippen LogP contribution in [-0.4, -0.2) is 15.7 Å². The number of aryl methyl sites for hydroxylation is 1. The summed E-state index contributed by atoms with van der Waals surface area (Å²) in [5.41, 5.74) is 2.33. The first kappa shape index (κ1) is 18.5. The lowest BCUT2D eigenvalue weighted by Gasteiger charge is -2.09. The van der Waals surface area contributed by atoms with E-state index in [0.717, 1.165) is 23.4 Å². The number of nitrogens with zero attached hydrogens (tertiary/aromatic N) is 3. The summed E-state index contributed by atoms with van der Waals surface area (Å²) in [5.74, 6) is 0. The van der Waals surface area contributed by atoms with E-state index in [1.54, 1.807) is 0 Å². The molecule has 2 rings (SSSR count). The summed E-state index contributed by atoms with van der Waals surface area (Å²) in [7, 11) is 0. The number of hydrazone groups is 1. The van der Waals surface area contributed by atoms with Crippen molar-refractivity contribution in [3.8, 4) is 0 Å². The number of anilines is 1. The molecule has 134 valence electrons. The molecule has 9 heteroatoms. The standard InChI is InChI=1S/C16H17F3N4O2/c1-10(2)22-9-12(6-11(22)3)8-20-21-14-5-4-13(16(17,18)19)7-15(14)23(24)25/h4-10,21H,1-3H3/b20-8+. The number of hydrogen-bond donors (Lipinski definition) is 1. The quantitative estimate of drug-likeness (QED) is 0.478. The molecule has 2 aromatic rings. The number of hydrogen-bond acceptors (Lipinski definition) is 4. The lowest BCUT2D eigenvalue weighted by Crippen LogP contribution is -2.06. The normalized spacial score (nSPS) is 12.1. The molecule has 0 aliphatic heterocycles. The molecule has 0 aliphatic carbocycles. The molecule has 0 bridgehead atoms. The van der Waals surface area contributed by atoms with Gasteiger partial charge in [0.1, 0.15) is 5.69 Å². The summed E-state index contributed by atoms with van der Waals surface area (Å²) in [6, 6.07) is 4.39. The van der Waals surface area contributed by atoms with Gasteiger partial charge in [-0.3, -0.25) is 15.5 Å². The molecule has 0 saturated carbocycles. The van der Waals surface area contributed by atoms with Crippen molar-refractivity contribution in [2.24, 2.45) is 5.10 Å². The first-order valence-electron chi connectivity index (χ1n) is 7.42. The Labute approximate surface area is 142 Å². The predicted molar refractivity (Wildman–Crippen MR) is 88.9 cm³/mol. The zero-order valence-electron chi connectivity index (χ0n) is 13.8. The van der Waals surface area contributed by atoms with Crippen molar-refractivity contribution in [1.82, 2.24) is 4.57 Å². The van der Waals surface area contributed by atoms with Crippen molar-refractivity contribution >= 4 is 17.6 Å². The van der Waals surface area contributed by atoms with E-state index in [-0.39, 0.29) is 11.7 Å². The van der Waals surface area contributed by atoms with Gasteiger partial charge in [0.05, 0.1) is 16.7 Å². The van der Waals surface area contributed by atoms with Crippen molar-refractivity contribution in [2.75, 3.05) is 5.43 Å². The Morgan fingerprint density at radius 3 is 2.52 bits per heavy atom. The Balaban J connectivity index is 2.22. The third kappa shape index (κ3) is 4.37. The number of nitrogens with one attached hydrogen (secondary N) is 1. The molecule has 0 unspecified atom stereocenters. The van der Waals surface area contributed by atoms with Crippen molar-refractivity contribution in [3.05, 3.63) is 57.4 Å². The van der Waals surface area contributed by atoms with Gasteiger partial charge in [0.25, 0.3) is 5.69 Å². The highest BCUT2D eigenvalue weighted by Gasteiger charge is 2.33. The van der Waals surface area contributed by atoms with Crippen LogP contribution in [0.4, 0.5) is 24.5 Å². The molecule has 1 aromatic heterocycles. The fourth-order valence-corrected chi connectivity index (χ4v) is 2.37. The lowest BCUT2D eigenvalue weighted by molar-refractivity contribution is -0.384. The Hall–Kier alpha value is -2.84. The van der Waals surface area contributed by atoms with E-state index in [0.29, 0.717) is 6.07 Å². The van der Waals surface area contributed by atoms with Crippen LogP contribution in [0.15, 0.2) is 35.6 Å². The molecule has 0 fully saturated rings. The largest absolute Gasteiger partial charge is 0.416 e. The number of nitro groups is 1. The molecule has 0 amide bonds. The van der Waals surface area contributed by atoms with Gasteiger partial charge < -0.3 is 4.57 Å².